The van der Waals surface area contributed by atoms with Gasteiger partial charge in [-0.3, -0.25) is 4.79 Å². The number of rotatable bonds is 5. The summed E-state index contributed by atoms with van der Waals surface area (Å²) in [5.41, 5.74) is 0. The number of amides is 1. The first-order valence-electron chi connectivity index (χ1n) is 4.09. The minimum absolute atomic E-state index is 0.0754. The molecule has 0 radical (unpaired) electrons. The summed E-state index contributed by atoms with van der Waals surface area (Å²) < 4.78 is 0. The maximum Gasteiger partial charge on any atom is 0.226 e. The van der Waals surface area contributed by atoms with Gasteiger partial charge in [-0.25, -0.2) is 0 Å². The van der Waals surface area contributed by atoms with Gasteiger partial charge in [0.15, 0.2) is 0 Å². The third kappa shape index (κ3) is 3.93. The maximum atomic E-state index is 11.4. The van der Waals surface area contributed by atoms with Crippen LogP contribution in [0.2, 0.25) is 0 Å². The van der Waals surface area contributed by atoms with Crippen LogP contribution in [-0.2, 0) is 4.79 Å². The lowest BCUT2D eigenvalue weighted by molar-refractivity contribution is -0.132. The largest absolute Gasteiger partial charge is 0.344 e. The van der Waals surface area contributed by atoms with Crippen molar-refractivity contribution in [3.8, 4) is 0 Å². The van der Waals surface area contributed by atoms with Gasteiger partial charge in [-0.1, -0.05) is 6.92 Å². The van der Waals surface area contributed by atoms with E-state index in [-0.39, 0.29) is 11.8 Å². The average Bonchev–Trinajstić information content (AvgIpc) is 2.11. The maximum absolute atomic E-state index is 11.4. The van der Waals surface area contributed by atoms with E-state index < -0.39 is 0 Å². The van der Waals surface area contributed by atoms with Crippen molar-refractivity contribution in [2.75, 3.05) is 33.1 Å². The average molecular weight is 193 g/mol. The number of carbonyl (C=O) groups is 1. The molecule has 3 nitrogen and oxygen atoms in total. The van der Waals surface area contributed by atoms with Gasteiger partial charge in [-0.2, -0.15) is 0 Å². The van der Waals surface area contributed by atoms with E-state index >= 15 is 0 Å². The molecule has 0 rings (SSSR count). The second-order valence-corrected chi connectivity index (χ2v) is 3.23. The molecule has 72 valence electrons. The number of hydrogen-bond donors (Lipinski definition) is 1. The molecule has 1 N–H and O–H groups in total. The summed E-state index contributed by atoms with van der Waals surface area (Å²) in [5.74, 6) is 0.427. The summed E-state index contributed by atoms with van der Waals surface area (Å²) in [6.07, 6.45) is 0. The number of carbonyl (C=O) groups excluding carboxylic acids is 1. The summed E-state index contributed by atoms with van der Waals surface area (Å²) in [6.45, 7) is 3.39. The molecule has 0 spiro atoms. The molecule has 0 aromatic heterocycles. The van der Waals surface area contributed by atoms with Gasteiger partial charge in [0, 0.05) is 31.9 Å². The summed E-state index contributed by atoms with van der Waals surface area (Å²) in [6, 6.07) is 0. The fourth-order valence-electron chi connectivity index (χ4n) is 0.832. The number of nitrogens with zero attached hydrogens (tertiary/aromatic N) is 1. The predicted octanol–water partition coefficient (Wildman–Crippen LogP) is 0.539. The summed E-state index contributed by atoms with van der Waals surface area (Å²) in [5, 5.41) is 2.98. The van der Waals surface area contributed by atoms with Crippen LogP contribution in [0.1, 0.15) is 6.92 Å². The van der Waals surface area contributed by atoms with Crippen molar-refractivity contribution in [3.63, 3.8) is 0 Å². The van der Waals surface area contributed by atoms with E-state index in [0.29, 0.717) is 5.88 Å². The molecule has 0 saturated heterocycles. The van der Waals surface area contributed by atoms with Crippen molar-refractivity contribution in [3.05, 3.63) is 0 Å². The van der Waals surface area contributed by atoms with E-state index in [0.717, 1.165) is 13.1 Å². The molecule has 0 fully saturated rings. The Morgan fingerprint density at radius 2 is 2.25 bits per heavy atom. The Morgan fingerprint density at radius 3 is 2.67 bits per heavy atom. The third-order valence-corrected chi connectivity index (χ3v) is 2.19. The number of hydrogen-bond acceptors (Lipinski definition) is 2. The summed E-state index contributed by atoms with van der Waals surface area (Å²) >= 11 is 5.56. The van der Waals surface area contributed by atoms with Gasteiger partial charge in [-0.15, -0.1) is 11.6 Å². The Bertz CT molecular complexity index is 141. The third-order valence-electron chi connectivity index (χ3n) is 1.73. The first kappa shape index (κ1) is 11.7. The molecular formula is C8H17ClN2O. The first-order chi connectivity index (χ1) is 5.63. The summed E-state index contributed by atoms with van der Waals surface area (Å²) in [7, 11) is 3.66. The molecule has 0 aromatic carbocycles. The van der Waals surface area contributed by atoms with Crippen molar-refractivity contribution in [1.82, 2.24) is 10.2 Å². The van der Waals surface area contributed by atoms with Gasteiger partial charge < -0.3 is 10.2 Å². The molecule has 0 aliphatic carbocycles. The molecule has 1 amide bonds. The Hall–Kier alpha value is -0.280. The van der Waals surface area contributed by atoms with Gasteiger partial charge in [0.25, 0.3) is 0 Å². The molecule has 0 bridgehead atoms. The fourth-order valence-corrected chi connectivity index (χ4v) is 0.964. The Balaban J connectivity index is 3.75. The normalized spacial score (nSPS) is 12.7. The number of halogens is 1. The predicted molar refractivity (Wildman–Crippen MR) is 51.4 cm³/mol. The lowest BCUT2D eigenvalue weighted by Crippen LogP contribution is -2.36. The zero-order valence-electron chi connectivity index (χ0n) is 7.93. The molecule has 0 aromatic rings. The van der Waals surface area contributed by atoms with Gasteiger partial charge in [0.2, 0.25) is 5.91 Å². The van der Waals surface area contributed by atoms with Crippen LogP contribution in [-0.4, -0.2) is 43.9 Å². The first-order valence-corrected chi connectivity index (χ1v) is 4.62. The smallest absolute Gasteiger partial charge is 0.226 e. The standard InChI is InChI=1S/C8H17ClN2O/c1-7(6-9)8(12)11(3)5-4-10-2/h7,10H,4-6H2,1-3H3. The van der Waals surface area contributed by atoms with Crippen molar-refractivity contribution < 1.29 is 4.79 Å². The highest BCUT2D eigenvalue weighted by Gasteiger charge is 2.15. The van der Waals surface area contributed by atoms with E-state index in [9.17, 15) is 4.79 Å². The topological polar surface area (TPSA) is 32.3 Å². The fraction of sp³-hybridized carbons (Fsp3) is 0.875. The molecule has 1 unspecified atom stereocenters. The Morgan fingerprint density at radius 1 is 1.67 bits per heavy atom. The van der Waals surface area contributed by atoms with Crippen LogP contribution >= 0.6 is 11.6 Å². The van der Waals surface area contributed by atoms with Gasteiger partial charge in [0.05, 0.1) is 0 Å². The van der Waals surface area contributed by atoms with Crippen LogP contribution in [0, 0.1) is 5.92 Å². The highest BCUT2D eigenvalue weighted by atomic mass is 35.5. The molecule has 12 heavy (non-hydrogen) atoms. The highest BCUT2D eigenvalue weighted by molar-refractivity contribution is 6.19. The van der Waals surface area contributed by atoms with E-state index in [1.54, 1.807) is 11.9 Å². The zero-order valence-corrected chi connectivity index (χ0v) is 8.69. The lowest BCUT2D eigenvalue weighted by Gasteiger charge is -2.19. The van der Waals surface area contributed by atoms with Crippen LogP contribution in [0.25, 0.3) is 0 Å². The van der Waals surface area contributed by atoms with Crippen molar-refractivity contribution in [2.24, 2.45) is 5.92 Å². The van der Waals surface area contributed by atoms with E-state index in [2.05, 4.69) is 5.32 Å². The Labute approximate surface area is 79.1 Å². The molecule has 0 heterocycles. The number of nitrogens with one attached hydrogen (secondary N) is 1. The second kappa shape index (κ2) is 6.26. The quantitative estimate of drug-likeness (QED) is 0.645. The van der Waals surface area contributed by atoms with Crippen molar-refractivity contribution >= 4 is 17.5 Å². The minimum Gasteiger partial charge on any atom is -0.344 e. The van der Waals surface area contributed by atoms with Gasteiger partial charge in [-0.05, 0) is 7.05 Å². The van der Waals surface area contributed by atoms with E-state index in [4.69, 9.17) is 11.6 Å². The van der Waals surface area contributed by atoms with Crippen LogP contribution in [0.15, 0.2) is 0 Å². The molecular weight excluding hydrogens is 176 g/mol. The van der Waals surface area contributed by atoms with Gasteiger partial charge >= 0.3 is 0 Å². The molecule has 0 aliphatic rings. The molecule has 4 heteroatoms. The van der Waals surface area contributed by atoms with Crippen LogP contribution < -0.4 is 5.32 Å². The monoisotopic (exact) mass is 192 g/mol. The van der Waals surface area contributed by atoms with Crippen LogP contribution in [0.5, 0.6) is 0 Å². The Kier molecular flexibility index (Phi) is 6.11. The van der Waals surface area contributed by atoms with E-state index in [1.807, 2.05) is 14.0 Å². The van der Waals surface area contributed by atoms with Crippen LogP contribution in [0.3, 0.4) is 0 Å². The lowest BCUT2D eigenvalue weighted by atomic mass is 10.2. The highest BCUT2D eigenvalue weighted by Crippen LogP contribution is 2.02. The SMILES string of the molecule is CNCCN(C)C(=O)C(C)CCl. The van der Waals surface area contributed by atoms with Crippen molar-refractivity contribution in [1.29, 1.82) is 0 Å². The van der Waals surface area contributed by atoms with E-state index in [1.165, 1.54) is 0 Å². The number of alkyl halides is 1. The minimum atomic E-state index is -0.0754. The molecule has 0 saturated carbocycles. The zero-order chi connectivity index (χ0) is 9.56. The number of likely N-dealkylation sites (N-methyl/N-ethyl adjacent to an activating group) is 2. The second-order valence-electron chi connectivity index (χ2n) is 2.92. The van der Waals surface area contributed by atoms with Crippen LogP contribution in [0.4, 0.5) is 0 Å². The van der Waals surface area contributed by atoms with Gasteiger partial charge in [0.1, 0.15) is 0 Å². The van der Waals surface area contributed by atoms with Crippen molar-refractivity contribution in [2.45, 2.75) is 6.92 Å². The molecule has 1 atom stereocenters. The summed E-state index contributed by atoms with van der Waals surface area (Å²) in [4.78, 5) is 13.1. The molecule has 0 aliphatic heterocycles.